The van der Waals surface area contributed by atoms with Crippen molar-refractivity contribution >= 4 is 17.0 Å². The molecule has 1 heterocycles. The molecule has 0 amide bonds. The Morgan fingerprint density at radius 3 is 2.26 bits per heavy atom. The van der Waals surface area contributed by atoms with E-state index in [2.05, 4.69) is 26.2 Å². The molecule has 0 saturated heterocycles. The highest BCUT2D eigenvalue weighted by molar-refractivity contribution is 7.07. The van der Waals surface area contributed by atoms with Crippen LogP contribution in [0.25, 0.3) is 11.3 Å². The van der Waals surface area contributed by atoms with Gasteiger partial charge >= 0.3 is 0 Å². The van der Waals surface area contributed by atoms with Crippen molar-refractivity contribution in [3.63, 3.8) is 0 Å². The van der Waals surface area contributed by atoms with Gasteiger partial charge in [-0.15, -0.1) is 11.3 Å². The van der Waals surface area contributed by atoms with Crippen LogP contribution >= 0.6 is 11.3 Å². The number of nitrogens with zero attached hydrogens (tertiary/aromatic N) is 3. The minimum Gasteiger partial charge on any atom is -0.497 e. The fourth-order valence-corrected chi connectivity index (χ4v) is 4.10. The summed E-state index contributed by atoms with van der Waals surface area (Å²) in [4.78, 5) is 5.64. The predicted octanol–water partition coefficient (Wildman–Crippen LogP) is 5.21. The molecule has 0 radical (unpaired) electrons. The zero-order valence-electron chi connectivity index (χ0n) is 18.9. The molecule has 1 aromatic heterocycles. The SMILES string of the molecule is CCC(=Nn1c(-c2ccc(OC)cc2)csc1=NC(C)C)c1ccc(OC)c(OC)c1. The second-order valence-corrected chi connectivity index (χ2v) is 7.97. The lowest BCUT2D eigenvalue weighted by atomic mass is 10.1. The van der Waals surface area contributed by atoms with Crippen molar-refractivity contribution < 1.29 is 14.2 Å². The predicted molar refractivity (Wildman–Crippen MR) is 127 cm³/mol. The van der Waals surface area contributed by atoms with E-state index in [1.54, 1.807) is 32.7 Å². The van der Waals surface area contributed by atoms with Gasteiger partial charge in [-0.05, 0) is 62.7 Å². The number of benzene rings is 2. The summed E-state index contributed by atoms with van der Waals surface area (Å²) in [5, 5.41) is 7.12. The lowest BCUT2D eigenvalue weighted by Gasteiger charge is -2.12. The van der Waals surface area contributed by atoms with E-state index in [0.717, 1.165) is 39.5 Å². The Hall–Kier alpha value is -3.06. The van der Waals surface area contributed by atoms with Crippen molar-refractivity contribution in [3.05, 3.63) is 58.2 Å². The smallest absolute Gasteiger partial charge is 0.206 e. The van der Waals surface area contributed by atoms with E-state index < -0.39 is 0 Å². The third-order valence-corrected chi connectivity index (χ3v) is 5.54. The average molecular weight is 440 g/mol. The lowest BCUT2D eigenvalue weighted by Crippen LogP contribution is -2.17. The van der Waals surface area contributed by atoms with Crippen LogP contribution in [-0.4, -0.2) is 37.8 Å². The Morgan fingerprint density at radius 1 is 0.968 bits per heavy atom. The van der Waals surface area contributed by atoms with Crippen LogP contribution in [0.3, 0.4) is 0 Å². The maximum Gasteiger partial charge on any atom is 0.206 e. The summed E-state index contributed by atoms with van der Waals surface area (Å²) in [5.74, 6) is 2.19. The molecule has 2 aromatic carbocycles. The molecule has 164 valence electrons. The maximum atomic E-state index is 5.48. The van der Waals surface area contributed by atoms with Gasteiger partial charge in [0.25, 0.3) is 0 Å². The minimum absolute atomic E-state index is 0.162. The van der Waals surface area contributed by atoms with E-state index in [0.29, 0.717) is 11.5 Å². The monoisotopic (exact) mass is 439 g/mol. The van der Waals surface area contributed by atoms with Crippen LogP contribution in [-0.2, 0) is 0 Å². The minimum atomic E-state index is 0.162. The van der Waals surface area contributed by atoms with Gasteiger partial charge in [0, 0.05) is 22.5 Å². The van der Waals surface area contributed by atoms with Gasteiger partial charge in [-0.1, -0.05) is 6.92 Å². The summed E-state index contributed by atoms with van der Waals surface area (Å²) in [7, 11) is 4.94. The standard InChI is InChI=1S/C24H29N3O3S/c1-7-20(18-10-13-22(29-5)23(14-18)30-6)26-27-21(15-31-24(27)25-16(2)3)17-8-11-19(28-4)12-9-17/h8-16H,7H2,1-6H3. The Labute approximate surface area is 187 Å². The molecule has 0 fully saturated rings. The van der Waals surface area contributed by atoms with Crippen LogP contribution in [0.1, 0.15) is 32.8 Å². The summed E-state index contributed by atoms with van der Waals surface area (Å²) in [6.45, 7) is 6.22. The molecular formula is C24H29N3O3S. The van der Waals surface area contributed by atoms with Crippen molar-refractivity contribution in [1.82, 2.24) is 4.68 Å². The average Bonchev–Trinajstić information content (AvgIpc) is 3.18. The van der Waals surface area contributed by atoms with Crippen molar-refractivity contribution in [1.29, 1.82) is 0 Å². The second-order valence-electron chi connectivity index (χ2n) is 7.14. The molecule has 0 aliphatic rings. The molecule has 3 rings (SSSR count). The van der Waals surface area contributed by atoms with Crippen LogP contribution in [0, 0.1) is 0 Å². The molecule has 0 bridgehead atoms. The van der Waals surface area contributed by atoms with Crippen molar-refractivity contribution in [2.24, 2.45) is 10.1 Å². The number of aromatic nitrogens is 1. The zero-order chi connectivity index (χ0) is 22.4. The van der Waals surface area contributed by atoms with Gasteiger partial charge in [0.1, 0.15) is 5.75 Å². The van der Waals surface area contributed by atoms with E-state index in [-0.39, 0.29) is 6.04 Å². The summed E-state index contributed by atoms with van der Waals surface area (Å²) in [6, 6.07) is 14.0. The van der Waals surface area contributed by atoms with Gasteiger partial charge in [-0.2, -0.15) is 5.10 Å². The quantitative estimate of drug-likeness (QED) is 0.453. The molecule has 0 atom stereocenters. The summed E-state index contributed by atoms with van der Waals surface area (Å²) in [6.07, 6.45) is 0.751. The van der Waals surface area contributed by atoms with Gasteiger partial charge in [0.15, 0.2) is 11.5 Å². The third kappa shape index (κ3) is 5.17. The molecule has 0 saturated carbocycles. The second kappa shape index (κ2) is 10.3. The topological polar surface area (TPSA) is 57.3 Å². The highest BCUT2D eigenvalue weighted by atomic mass is 32.1. The lowest BCUT2D eigenvalue weighted by molar-refractivity contribution is 0.355. The molecule has 7 heteroatoms. The Kier molecular flexibility index (Phi) is 7.52. The van der Waals surface area contributed by atoms with Crippen molar-refractivity contribution in [3.8, 4) is 28.5 Å². The molecule has 0 unspecified atom stereocenters. The normalized spacial score (nSPS) is 12.4. The summed E-state index contributed by atoms with van der Waals surface area (Å²) < 4.78 is 18.1. The third-order valence-electron chi connectivity index (χ3n) is 4.71. The van der Waals surface area contributed by atoms with Crippen molar-refractivity contribution in [2.75, 3.05) is 21.3 Å². The van der Waals surface area contributed by atoms with E-state index in [4.69, 9.17) is 24.3 Å². The van der Waals surface area contributed by atoms with Crippen LogP contribution < -0.4 is 19.0 Å². The maximum absolute atomic E-state index is 5.48. The van der Waals surface area contributed by atoms with Gasteiger partial charge in [-0.25, -0.2) is 4.68 Å². The van der Waals surface area contributed by atoms with E-state index >= 15 is 0 Å². The van der Waals surface area contributed by atoms with Crippen molar-refractivity contribution in [2.45, 2.75) is 33.2 Å². The molecule has 31 heavy (non-hydrogen) atoms. The number of hydrogen-bond acceptors (Lipinski definition) is 6. The molecule has 0 N–H and O–H groups in total. The number of ether oxygens (including phenoxy) is 3. The van der Waals surface area contributed by atoms with E-state index in [1.807, 2.05) is 47.1 Å². The Bertz CT molecular complexity index is 1110. The van der Waals surface area contributed by atoms with Gasteiger partial charge in [0.2, 0.25) is 4.80 Å². The fourth-order valence-electron chi connectivity index (χ4n) is 3.14. The van der Waals surface area contributed by atoms with Gasteiger partial charge in [0.05, 0.1) is 32.7 Å². The van der Waals surface area contributed by atoms with Crippen LogP contribution in [0.2, 0.25) is 0 Å². The highest BCUT2D eigenvalue weighted by Gasteiger charge is 2.12. The molecule has 0 aliphatic heterocycles. The fraction of sp³-hybridized carbons (Fsp3) is 0.333. The number of rotatable bonds is 8. The largest absolute Gasteiger partial charge is 0.497 e. The van der Waals surface area contributed by atoms with Crippen LogP contribution in [0.5, 0.6) is 17.2 Å². The first-order valence-electron chi connectivity index (χ1n) is 10.2. The van der Waals surface area contributed by atoms with Crippen LogP contribution in [0.4, 0.5) is 0 Å². The number of thiazole rings is 1. The van der Waals surface area contributed by atoms with Crippen LogP contribution in [0.15, 0.2) is 57.9 Å². The van der Waals surface area contributed by atoms with E-state index in [9.17, 15) is 0 Å². The van der Waals surface area contributed by atoms with Gasteiger partial charge in [-0.3, -0.25) is 4.99 Å². The molecule has 0 spiro atoms. The van der Waals surface area contributed by atoms with Gasteiger partial charge < -0.3 is 14.2 Å². The molecular weight excluding hydrogens is 410 g/mol. The summed E-state index contributed by atoms with van der Waals surface area (Å²) in [5.41, 5.74) is 3.95. The summed E-state index contributed by atoms with van der Waals surface area (Å²) >= 11 is 1.58. The molecule has 0 aliphatic carbocycles. The first kappa shape index (κ1) is 22.6. The Balaban J connectivity index is 2.16. The molecule has 6 nitrogen and oxygen atoms in total. The zero-order valence-corrected chi connectivity index (χ0v) is 19.7. The first-order valence-corrected chi connectivity index (χ1v) is 11.1. The van der Waals surface area contributed by atoms with E-state index in [1.165, 1.54) is 0 Å². The first-order chi connectivity index (χ1) is 15.0. The molecule has 3 aromatic rings. The number of methoxy groups -OCH3 is 3. The Morgan fingerprint density at radius 2 is 1.68 bits per heavy atom. The highest BCUT2D eigenvalue weighted by Crippen LogP contribution is 2.29. The number of hydrogen-bond donors (Lipinski definition) is 0.